The summed E-state index contributed by atoms with van der Waals surface area (Å²) in [4.78, 5) is 0. The van der Waals surface area contributed by atoms with Crippen molar-refractivity contribution in [2.75, 3.05) is 0 Å². The van der Waals surface area contributed by atoms with E-state index in [9.17, 15) is 10.2 Å². The van der Waals surface area contributed by atoms with Crippen molar-refractivity contribution in [1.29, 1.82) is 0 Å². The number of fused-ring (bicyclic) bond motifs is 1. The molecule has 3 unspecified atom stereocenters. The Morgan fingerprint density at radius 3 is 2.60 bits per heavy atom. The van der Waals surface area contributed by atoms with Crippen molar-refractivity contribution >= 4 is 0 Å². The van der Waals surface area contributed by atoms with Crippen molar-refractivity contribution < 1.29 is 10.2 Å². The Morgan fingerprint density at radius 1 is 1.17 bits per heavy atom. The second kappa shape index (κ2) is 8.94. The minimum Gasteiger partial charge on any atom is -0.390 e. The molecule has 0 amide bonds. The molecular formula is C28H46O2. The average Bonchev–Trinajstić information content (AvgIpc) is 2.99. The fourth-order valence-corrected chi connectivity index (χ4v) is 6.86. The van der Waals surface area contributed by atoms with E-state index in [1.807, 2.05) is 20.8 Å². The van der Waals surface area contributed by atoms with Crippen LogP contribution in [0.2, 0.25) is 0 Å². The molecular weight excluding hydrogens is 368 g/mol. The first-order valence-corrected chi connectivity index (χ1v) is 12.4. The highest BCUT2D eigenvalue weighted by Gasteiger charge is 2.50. The van der Waals surface area contributed by atoms with E-state index >= 15 is 0 Å². The number of hydrogen-bond acceptors (Lipinski definition) is 2. The van der Waals surface area contributed by atoms with Crippen molar-refractivity contribution in [3.8, 4) is 0 Å². The van der Waals surface area contributed by atoms with Gasteiger partial charge in [0.1, 0.15) is 0 Å². The maximum atomic E-state index is 10.5. The van der Waals surface area contributed by atoms with Gasteiger partial charge in [-0.25, -0.2) is 0 Å². The van der Waals surface area contributed by atoms with E-state index in [4.69, 9.17) is 0 Å². The molecule has 0 saturated heterocycles. The quantitative estimate of drug-likeness (QED) is 0.485. The fourth-order valence-electron chi connectivity index (χ4n) is 6.86. The van der Waals surface area contributed by atoms with Crippen molar-refractivity contribution in [2.45, 2.75) is 116 Å². The van der Waals surface area contributed by atoms with Crippen LogP contribution in [-0.2, 0) is 0 Å². The first-order valence-electron chi connectivity index (χ1n) is 12.4. The predicted molar refractivity (Wildman–Crippen MR) is 127 cm³/mol. The zero-order valence-electron chi connectivity index (χ0n) is 20.3. The first kappa shape index (κ1) is 23.8. The summed E-state index contributed by atoms with van der Waals surface area (Å²) in [5.74, 6) is 2.24. The molecule has 30 heavy (non-hydrogen) atoms. The van der Waals surface area contributed by atoms with Gasteiger partial charge in [-0.15, -0.1) is 0 Å². The summed E-state index contributed by atoms with van der Waals surface area (Å²) in [6.07, 6.45) is 17.0. The molecule has 0 aliphatic heterocycles. The van der Waals surface area contributed by atoms with Gasteiger partial charge in [0.25, 0.3) is 0 Å². The van der Waals surface area contributed by atoms with Crippen LogP contribution in [0.1, 0.15) is 105 Å². The van der Waals surface area contributed by atoms with E-state index in [0.717, 1.165) is 43.9 Å². The maximum absolute atomic E-state index is 10.5. The molecule has 0 bridgehead atoms. The normalized spacial score (nSPS) is 38.8. The van der Waals surface area contributed by atoms with E-state index < -0.39 is 11.2 Å². The van der Waals surface area contributed by atoms with Crippen LogP contribution in [0.25, 0.3) is 0 Å². The Balaban J connectivity index is 1.70. The van der Waals surface area contributed by atoms with Gasteiger partial charge < -0.3 is 10.2 Å². The summed E-state index contributed by atoms with van der Waals surface area (Å²) in [5.41, 5.74) is 3.40. The zero-order valence-corrected chi connectivity index (χ0v) is 20.3. The van der Waals surface area contributed by atoms with Gasteiger partial charge in [-0.2, -0.15) is 0 Å². The summed E-state index contributed by atoms with van der Waals surface area (Å²) < 4.78 is 0. The van der Waals surface area contributed by atoms with E-state index in [2.05, 4.69) is 32.6 Å². The Hall–Kier alpha value is -0.860. The second-order valence-corrected chi connectivity index (χ2v) is 12.0. The van der Waals surface area contributed by atoms with Crippen LogP contribution in [0, 0.1) is 23.2 Å². The molecule has 3 rings (SSSR count). The molecule has 2 nitrogen and oxygen atoms in total. The van der Waals surface area contributed by atoms with Crippen molar-refractivity contribution in [2.24, 2.45) is 23.2 Å². The third-order valence-electron chi connectivity index (χ3n) is 8.66. The summed E-state index contributed by atoms with van der Waals surface area (Å²) in [6.45, 7) is 15.1. The van der Waals surface area contributed by atoms with Crippen molar-refractivity contribution in [3.63, 3.8) is 0 Å². The maximum Gasteiger partial charge on any atom is 0.0663 e. The molecule has 0 aromatic carbocycles. The van der Waals surface area contributed by atoms with Gasteiger partial charge in [0.2, 0.25) is 0 Å². The minimum atomic E-state index is -0.580. The Kier molecular flexibility index (Phi) is 7.09. The molecule has 2 N–H and O–H groups in total. The molecule has 5 atom stereocenters. The lowest BCUT2D eigenvalue weighted by Gasteiger charge is -2.44. The number of allylic oxidation sites excluding steroid dienone is 4. The SMILES string of the molecule is C=C1CC[C@@](C)(O)C/C1=C/C=C1\CCCC2(C)C1CCC2[C@H](C)CCCC(C)(C)O. The highest BCUT2D eigenvalue weighted by molar-refractivity contribution is 5.37. The topological polar surface area (TPSA) is 40.5 Å². The molecule has 2 heteroatoms. The fraction of sp³-hybridized carbons (Fsp3) is 0.786. The van der Waals surface area contributed by atoms with Crippen LogP contribution in [0.4, 0.5) is 0 Å². The molecule has 3 saturated carbocycles. The summed E-state index contributed by atoms with van der Waals surface area (Å²) in [7, 11) is 0. The van der Waals surface area contributed by atoms with Crippen LogP contribution in [0.15, 0.2) is 35.5 Å². The van der Waals surface area contributed by atoms with Crippen LogP contribution >= 0.6 is 0 Å². The molecule has 0 aromatic rings. The molecule has 3 aliphatic rings. The summed E-state index contributed by atoms with van der Waals surface area (Å²) in [5, 5.41) is 20.5. The molecule has 3 fully saturated rings. The Morgan fingerprint density at radius 2 is 1.90 bits per heavy atom. The van der Waals surface area contributed by atoms with Crippen molar-refractivity contribution in [3.05, 3.63) is 35.5 Å². The summed E-state index contributed by atoms with van der Waals surface area (Å²) in [6, 6.07) is 0. The smallest absolute Gasteiger partial charge is 0.0663 e. The van der Waals surface area contributed by atoms with Crippen LogP contribution < -0.4 is 0 Å². The molecule has 0 heterocycles. The average molecular weight is 415 g/mol. The van der Waals surface area contributed by atoms with Crippen molar-refractivity contribution in [1.82, 2.24) is 0 Å². The monoisotopic (exact) mass is 414 g/mol. The van der Waals surface area contributed by atoms with Gasteiger partial charge in [-0.3, -0.25) is 0 Å². The molecule has 3 aliphatic carbocycles. The van der Waals surface area contributed by atoms with Gasteiger partial charge in [-0.1, -0.05) is 56.6 Å². The summed E-state index contributed by atoms with van der Waals surface area (Å²) >= 11 is 0. The van der Waals surface area contributed by atoms with Gasteiger partial charge in [0.15, 0.2) is 0 Å². The zero-order chi connectivity index (χ0) is 22.2. The number of rotatable bonds is 6. The standard InChI is InChI=1S/C28H46O2/c1-20-15-18-27(5,30)19-23(20)12-11-22-10-8-17-28(6)24(13-14-25(22)28)21(2)9-7-16-26(3,4)29/h11-12,21,24-25,29-30H,1,7-10,13-19H2,2-6H3/b22-11+,23-12-/t21-,24?,25?,27-,28?/m1/s1. The number of aliphatic hydroxyl groups is 2. The largest absolute Gasteiger partial charge is 0.390 e. The predicted octanol–water partition coefficient (Wildman–Crippen LogP) is 7.12. The number of hydrogen-bond donors (Lipinski definition) is 2. The van der Waals surface area contributed by atoms with E-state index in [1.165, 1.54) is 49.7 Å². The lowest BCUT2D eigenvalue weighted by Crippen LogP contribution is -2.36. The van der Waals surface area contributed by atoms with Gasteiger partial charge in [0, 0.05) is 6.42 Å². The third kappa shape index (κ3) is 5.49. The highest BCUT2D eigenvalue weighted by atomic mass is 16.3. The van der Waals surface area contributed by atoms with Crippen LogP contribution in [0.3, 0.4) is 0 Å². The molecule has 0 radical (unpaired) electrons. The first-order chi connectivity index (χ1) is 13.9. The van der Waals surface area contributed by atoms with Gasteiger partial charge >= 0.3 is 0 Å². The van der Waals surface area contributed by atoms with Gasteiger partial charge in [-0.05, 0) is 101 Å². The molecule has 0 aromatic heterocycles. The van der Waals surface area contributed by atoms with Crippen LogP contribution in [-0.4, -0.2) is 21.4 Å². The second-order valence-electron chi connectivity index (χ2n) is 12.0. The molecule has 170 valence electrons. The molecule has 0 spiro atoms. The van der Waals surface area contributed by atoms with E-state index in [1.54, 1.807) is 5.57 Å². The minimum absolute atomic E-state index is 0.422. The van der Waals surface area contributed by atoms with Gasteiger partial charge in [0.05, 0.1) is 11.2 Å². The highest BCUT2D eigenvalue weighted by Crippen LogP contribution is 2.60. The Bertz CT molecular complexity index is 690. The Labute approximate surface area is 185 Å². The van der Waals surface area contributed by atoms with E-state index in [-0.39, 0.29) is 0 Å². The lowest BCUT2D eigenvalue weighted by molar-refractivity contribution is 0.0456. The van der Waals surface area contributed by atoms with Crippen LogP contribution in [0.5, 0.6) is 0 Å². The third-order valence-corrected chi connectivity index (χ3v) is 8.66. The van der Waals surface area contributed by atoms with E-state index in [0.29, 0.717) is 11.3 Å². The lowest BCUT2D eigenvalue weighted by atomic mass is 9.60.